The van der Waals surface area contributed by atoms with Gasteiger partial charge < -0.3 is 10.1 Å². The second kappa shape index (κ2) is 6.53. The van der Waals surface area contributed by atoms with Gasteiger partial charge in [0, 0.05) is 12.8 Å². The van der Waals surface area contributed by atoms with Gasteiger partial charge in [-0.1, -0.05) is 23.5 Å². The number of carbonyl (C=O) groups excluding carboxylic acids is 2. The molecule has 8 nitrogen and oxygen atoms in total. The molecule has 1 aromatic carbocycles. The Hall–Kier alpha value is -2.81. The number of fused-ring (bicyclic) bond motifs is 1. The maximum Gasteiger partial charge on any atom is 0.339 e. The molecule has 2 heterocycles. The Kier molecular flexibility index (Phi) is 4.29. The highest BCUT2D eigenvalue weighted by Gasteiger charge is 2.14. The Morgan fingerprint density at radius 1 is 1.35 bits per heavy atom. The Labute approximate surface area is 135 Å². The number of esters is 1. The van der Waals surface area contributed by atoms with E-state index in [0.29, 0.717) is 22.6 Å². The van der Waals surface area contributed by atoms with E-state index >= 15 is 0 Å². The maximum atomic E-state index is 12.1. The second-order valence-corrected chi connectivity index (χ2v) is 5.68. The van der Waals surface area contributed by atoms with Crippen LogP contribution in [0.25, 0.3) is 4.96 Å². The lowest BCUT2D eigenvalue weighted by atomic mass is 10.1. The van der Waals surface area contributed by atoms with E-state index in [2.05, 4.69) is 20.6 Å². The number of carbonyl (C=O) groups is 2. The molecule has 23 heavy (non-hydrogen) atoms. The third kappa shape index (κ3) is 3.34. The summed E-state index contributed by atoms with van der Waals surface area (Å²) in [4.78, 5) is 24.4. The summed E-state index contributed by atoms with van der Waals surface area (Å²) in [6.45, 7) is 0. The van der Waals surface area contributed by atoms with Crippen LogP contribution < -0.4 is 5.32 Å². The molecule has 9 heteroatoms. The van der Waals surface area contributed by atoms with Gasteiger partial charge in [-0.25, -0.2) is 4.79 Å². The first-order valence-corrected chi connectivity index (χ1v) is 7.62. The van der Waals surface area contributed by atoms with Crippen LogP contribution in [0.15, 0.2) is 30.6 Å². The zero-order valence-electron chi connectivity index (χ0n) is 12.2. The molecule has 3 rings (SSSR count). The van der Waals surface area contributed by atoms with Crippen molar-refractivity contribution in [3.8, 4) is 0 Å². The predicted octanol–water partition coefficient (Wildman–Crippen LogP) is 1.54. The minimum absolute atomic E-state index is 0.202. The highest BCUT2D eigenvalue weighted by molar-refractivity contribution is 7.16. The minimum atomic E-state index is -0.491. The maximum absolute atomic E-state index is 12.1. The van der Waals surface area contributed by atoms with E-state index in [9.17, 15) is 9.59 Å². The summed E-state index contributed by atoms with van der Waals surface area (Å²) in [6.07, 6.45) is 2.25. The van der Waals surface area contributed by atoms with Crippen molar-refractivity contribution in [3.05, 3.63) is 41.2 Å². The van der Waals surface area contributed by atoms with E-state index in [1.807, 2.05) is 0 Å². The van der Waals surface area contributed by atoms with Crippen LogP contribution in [0.1, 0.15) is 21.8 Å². The van der Waals surface area contributed by atoms with Crippen LogP contribution in [0.5, 0.6) is 0 Å². The molecule has 0 saturated heterocycles. The molecular weight excluding hydrogens is 318 g/mol. The van der Waals surface area contributed by atoms with E-state index in [1.165, 1.54) is 24.8 Å². The van der Waals surface area contributed by atoms with Crippen molar-refractivity contribution in [3.63, 3.8) is 0 Å². The molecule has 0 aliphatic rings. The Morgan fingerprint density at radius 3 is 2.96 bits per heavy atom. The summed E-state index contributed by atoms with van der Waals surface area (Å²) in [5.74, 6) is -0.693. The van der Waals surface area contributed by atoms with Gasteiger partial charge in [0.05, 0.1) is 18.4 Å². The number of hydrogen-bond donors (Lipinski definition) is 1. The molecule has 0 fully saturated rings. The molecule has 0 spiro atoms. The summed E-state index contributed by atoms with van der Waals surface area (Å²) < 4.78 is 6.27. The first kappa shape index (κ1) is 15.1. The molecule has 0 saturated carbocycles. The van der Waals surface area contributed by atoms with Gasteiger partial charge in [0.25, 0.3) is 0 Å². The summed E-state index contributed by atoms with van der Waals surface area (Å²) in [5.41, 5.74) is 0.754. The number of ether oxygens (including phenoxy) is 1. The predicted molar refractivity (Wildman–Crippen MR) is 83.4 cm³/mol. The fraction of sp³-hybridized carbons (Fsp3) is 0.214. The lowest BCUT2D eigenvalue weighted by molar-refractivity contribution is -0.116. The van der Waals surface area contributed by atoms with E-state index < -0.39 is 5.97 Å². The average molecular weight is 331 g/mol. The molecule has 0 radical (unpaired) electrons. The first-order chi connectivity index (χ1) is 11.2. The zero-order valence-corrected chi connectivity index (χ0v) is 13.0. The van der Waals surface area contributed by atoms with Crippen LogP contribution in [0.4, 0.5) is 5.69 Å². The molecule has 3 aromatic rings. The number of nitrogens with one attached hydrogen (secondary N) is 1. The highest BCUT2D eigenvalue weighted by Crippen LogP contribution is 2.17. The van der Waals surface area contributed by atoms with E-state index in [1.54, 1.807) is 28.8 Å². The molecule has 0 unspecified atom stereocenters. The van der Waals surface area contributed by atoms with Gasteiger partial charge in [0.1, 0.15) is 11.3 Å². The van der Waals surface area contributed by atoms with Gasteiger partial charge in [0.2, 0.25) is 10.9 Å². The molecule has 0 bridgehead atoms. The van der Waals surface area contributed by atoms with Gasteiger partial charge in [-0.15, -0.1) is 10.2 Å². The van der Waals surface area contributed by atoms with Crippen molar-refractivity contribution in [1.29, 1.82) is 0 Å². The van der Waals surface area contributed by atoms with Crippen molar-refractivity contribution in [2.75, 3.05) is 12.4 Å². The van der Waals surface area contributed by atoms with Crippen LogP contribution in [-0.2, 0) is 16.0 Å². The van der Waals surface area contributed by atoms with Gasteiger partial charge in [-0.3, -0.25) is 4.79 Å². The third-order valence-electron chi connectivity index (χ3n) is 3.10. The topological polar surface area (TPSA) is 98.5 Å². The SMILES string of the molecule is COC(=O)c1ccccc1NC(=O)CCc1nn2cnnc2s1. The number of methoxy groups -OCH3 is 1. The van der Waals surface area contributed by atoms with E-state index in [0.717, 1.165) is 5.01 Å². The molecule has 1 amide bonds. The number of aromatic nitrogens is 4. The van der Waals surface area contributed by atoms with Gasteiger partial charge in [-0.2, -0.15) is 9.61 Å². The number of amides is 1. The number of para-hydroxylation sites is 1. The van der Waals surface area contributed by atoms with Crippen LogP contribution in [0, 0.1) is 0 Å². The average Bonchev–Trinajstić information content (AvgIpc) is 3.14. The lowest BCUT2D eigenvalue weighted by Gasteiger charge is -2.09. The van der Waals surface area contributed by atoms with Gasteiger partial charge >= 0.3 is 5.97 Å². The fourth-order valence-corrected chi connectivity index (χ4v) is 2.83. The molecule has 118 valence electrons. The standard InChI is InChI=1S/C14H13N5O3S/c1-22-13(21)9-4-2-3-5-10(9)16-11(20)6-7-12-18-19-8-15-17-14(19)23-12/h2-5,8H,6-7H2,1H3,(H,16,20). The largest absolute Gasteiger partial charge is 0.465 e. The zero-order chi connectivity index (χ0) is 16.2. The van der Waals surface area contributed by atoms with Gasteiger partial charge in [0.15, 0.2) is 0 Å². The molecule has 0 aliphatic heterocycles. The van der Waals surface area contributed by atoms with Crippen LogP contribution in [0.3, 0.4) is 0 Å². The monoisotopic (exact) mass is 331 g/mol. The second-order valence-electron chi connectivity index (χ2n) is 4.64. The summed E-state index contributed by atoms with van der Waals surface area (Å²) in [7, 11) is 1.30. The molecule has 0 atom stereocenters. The lowest BCUT2D eigenvalue weighted by Crippen LogP contribution is -2.15. The Morgan fingerprint density at radius 2 is 2.17 bits per heavy atom. The Bertz CT molecular complexity index is 828. The molecule has 2 aromatic heterocycles. The third-order valence-corrected chi connectivity index (χ3v) is 4.07. The van der Waals surface area contributed by atoms with Crippen molar-refractivity contribution in [2.24, 2.45) is 0 Å². The smallest absolute Gasteiger partial charge is 0.339 e. The summed E-state index contributed by atoms with van der Waals surface area (Å²) >= 11 is 1.39. The number of rotatable bonds is 5. The van der Waals surface area contributed by atoms with Crippen molar-refractivity contribution < 1.29 is 14.3 Å². The van der Waals surface area contributed by atoms with Crippen molar-refractivity contribution in [2.45, 2.75) is 12.8 Å². The fourth-order valence-electron chi connectivity index (χ4n) is 2.02. The molecule has 1 N–H and O–H groups in total. The van der Waals surface area contributed by atoms with Crippen LogP contribution in [-0.4, -0.2) is 38.8 Å². The number of hydrogen-bond acceptors (Lipinski definition) is 7. The van der Waals surface area contributed by atoms with Crippen LogP contribution >= 0.6 is 11.3 Å². The quantitative estimate of drug-likeness (QED) is 0.712. The minimum Gasteiger partial charge on any atom is -0.465 e. The highest BCUT2D eigenvalue weighted by atomic mass is 32.1. The number of benzene rings is 1. The van der Waals surface area contributed by atoms with E-state index in [-0.39, 0.29) is 12.3 Å². The van der Waals surface area contributed by atoms with Crippen molar-refractivity contribution >= 4 is 33.9 Å². The summed E-state index contributed by atoms with van der Waals surface area (Å²) in [5, 5.41) is 15.4. The van der Waals surface area contributed by atoms with E-state index in [4.69, 9.17) is 4.74 Å². The summed E-state index contributed by atoms with van der Waals surface area (Å²) in [6, 6.07) is 6.71. The number of anilines is 1. The molecular formula is C14H13N5O3S. The first-order valence-electron chi connectivity index (χ1n) is 6.80. The van der Waals surface area contributed by atoms with Crippen LogP contribution in [0.2, 0.25) is 0 Å². The molecule has 0 aliphatic carbocycles. The number of nitrogens with zero attached hydrogens (tertiary/aromatic N) is 4. The normalized spacial score (nSPS) is 10.7. The van der Waals surface area contributed by atoms with Gasteiger partial charge in [-0.05, 0) is 12.1 Å². The Balaban J connectivity index is 1.63. The number of aryl methyl sites for hydroxylation is 1. The van der Waals surface area contributed by atoms with Crippen molar-refractivity contribution in [1.82, 2.24) is 19.8 Å².